The van der Waals surface area contributed by atoms with Crippen LogP contribution in [0.25, 0.3) is 11.3 Å². The second-order valence-electron chi connectivity index (χ2n) is 9.97. The van der Waals surface area contributed by atoms with Gasteiger partial charge in [0.05, 0.1) is 12.8 Å². The number of amides is 2. The zero-order chi connectivity index (χ0) is 28.9. The van der Waals surface area contributed by atoms with Gasteiger partial charge in [-0.1, -0.05) is 54.8 Å². The van der Waals surface area contributed by atoms with Crippen molar-refractivity contribution in [1.29, 1.82) is 0 Å². The van der Waals surface area contributed by atoms with Crippen LogP contribution in [0.1, 0.15) is 52.5 Å². The molecule has 1 aromatic heterocycles. The Morgan fingerprint density at radius 3 is 2.44 bits per heavy atom. The van der Waals surface area contributed by atoms with Crippen molar-refractivity contribution in [2.24, 2.45) is 0 Å². The van der Waals surface area contributed by atoms with Gasteiger partial charge in [0.25, 0.3) is 5.91 Å². The van der Waals surface area contributed by atoms with Crippen LogP contribution in [0.2, 0.25) is 5.02 Å². The number of nitrogens with two attached hydrogens (primary N) is 1. The molecule has 212 valence electrons. The highest BCUT2D eigenvalue weighted by molar-refractivity contribution is 7.09. The van der Waals surface area contributed by atoms with E-state index in [9.17, 15) is 14.0 Å². The van der Waals surface area contributed by atoms with Crippen molar-refractivity contribution in [2.75, 3.05) is 12.8 Å². The van der Waals surface area contributed by atoms with E-state index in [-0.39, 0.29) is 34.9 Å². The van der Waals surface area contributed by atoms with Gasteiger partial charge in [-0.15, -0.1) is 0 Å². The van der Waals surface area contributed by atoms with E-state index >= 15 is 0 Å². The van der Waals surface area contributed by atoms with Crippen LogP contribution in [-0.4, -0.2) is 34.2 Å². The Morgan fingerprint density at radius 1 is 1.10 bits per heavy atom. The number of carbonyl (C=O) groups is 2. The molecule has 1 aliphatic carbocycles. The first-order valence-corrected chi connectivity index (χ1v) is 14.5. The summed E-state index contributed by atoms with van der Waals surface area (Å²) in [7, 11) is 1.57. The lowest BCUT2D eigenvalue weighted by Crippen LogP contribution is -2.45. The van der Waals surface area contributed by atoms with Crippen LogP contribution in [0.3, 0.4) is 0 Å². The minimum absolute atomic E-state index is 0.0408. The van der Waals surface area contributed by atoms with E-state index in [2.05, 4.69) is 9.69 Å². The maximum Gasteiger partial charge on any atom is 0.268 e. The summed E-state index contributed by atoms with van der Waals surface area (Å²) < 4.78 is 23.3. The summed E-state index contributed by atoms with van der Waals surface area (Å²) in [6.45, 7) is 0.0521. The third-order valence-electron chi connectivity index (χ3n) is 7.29. The number of benzene rings is 3. The Labute approximate surface area is 247 Å². The lowest BCUT2D eigenvalue weighted by molar-refractivity contribution is -0.126. The van der Waals surface area contributed by atoms with Crippen molar-refractivity contribution < 1.29 is 18.7 Å². The number of carbonyl (C=O) groups excluding carboxylic acids is 2. The highest BCUT2D eigenvalue weighted by Crippen LogP contribution is 2.35. The second-order valence-corrected chi connectivity index (χ2v) is 11.2. The van der Waals surface area contributed by atoms with Crippen molar-refractivity contribution in [2.45, 2.75) is 44.3 Å². The Kier molecular flexibility index (Phi) is 8.85. The maximum absolute atomic E-state index is 14.4. The molecule has 1 atom stereocenters. The van der Waals surface area contributed by atoms with Crippen molar-refractivity contribution in [3.05, 3.63) is 99.6 Å². The number of aromatic nitrogens is 1. The molecule has 0 unspecified atom stereocenters. The molecule has 0 radical (unpaired) electrons. The van der Waals surface area contributed by atoms with Crippen molar-refractivity contribution in [3.63, 3.8) is 0 Å². The predicted molar refractivity (Wildman–Crippen MR) is 159 cm³/mol. The van der Waals surface area contributed by atoms with Crippen LogP contribution < -0.4 is 15.8 Å². The number of ether oxygens (including phenoxy) is 1. The van der Waals surface area contributed by atoms with Crippen molar-refractivity contribution >= 4 is 40.6 Å². The lowest BCUT2D eigenvalue weighted by atomic mass is 10.0. The lowest BCUT2D eigenvalue weighted by Gasteiger charge is -2.32. The van der Waals surface area contributed by atoms with E-state index in [0.29, 0.717) is 33.2 Å². The molecule has 1 saturated carbocycles. The topological polar surface area (TPSA) is 97.5 Å². The van der Waals surface area contributed by atoms with Crippen molar-refractivity contribution in [3.8, 4) is 17.0 Å². The normalized spacial score (nSPS) is 14.0. The summed E-state index contributed by atoms with van der Waals surface area (Å²) in [5.41, 5.74) is 8.91. The number of anilines is 1. The van der Waals surface area contributed by atoms with Crippen LogP contribution in [0.4, 0.5) is 10.1 Å². The molecule has 1 fully saturated rings. The molecule has 2 amide bonds. The minimum Gasteiger partial charge on any atom is -0.497 e. The highest BCUT2D eigenvalue weighted by atomic mass is 35.5. The Bertz CT molecular complexity index is 1520. The van der Waals surface area contributed by atoms with Crippen LogP contribution in [-0.2, 0) is 11.3 Å². The Balaban J connectivity index is 1.58. The van der Waals surface area contributed by atoms with E-state index < -0.39 is 11.9 Å². The standard InChI is InChI=1S/C31H30ClFN4O3S/c1-40-24-16-12-20(13-17-24)28(30(38)35-23-7-3-4-8-23)37(18-21-6-2-5-9-25(21)32)31(39)29-26(34)27(36-41-29)19-10-14-22(33)15-11-19/h2,5-6,9-17,23,28H,3-4,7-8,18,34H2,1H3,(H,35,38)/t28-/m1/s1. The summed E-state index contributed by atoms with van der Waals surface area (Å²) in [5, 5.41) is 3.64. The molecule has 0 saturated heterocycles. The van der Waals surface area contributed by atoms with Gasteiger partial charge >= 0.3 is 0 Å². The quantitative estimate of drug-likeness (QED) is 0.227. The van der Waals surface area contributed by atoms with E-state index in [4.69, 9.17) is 22.1 Å². The van der Waals surface area contributed by atoms with Gasteiger partial charge in [-0.3, -0.25) is 9.59 Å². The molecule has 0 spiro atoms. The number of nitrogens with zero attached hydrogens (tertiary/aromatic N) is 2. The number of rotatable bonds is 9. The first-order chi connectivity index (χ1) is 19.9. The first kappa shape index (κ1) is 28.6. The summed E-state index contributed by atoms with van der Waals surface area (Å²) in [6, 6.07) is 19.1. The van der Waals surface area contributed by atoms with E-state index in [1.807, 2.05) is 18.2 Å². The largest absolute Gasteiger partial charge is 0.497 e. The third kappa shape index (κ3) is 6.36. The van der Waals surface area contributed by atoms with Gasteiger partial charge in [-0.05, 0) is 78.0 Å². The maximum atomic E-state index is 14.4. The van der Waals surface area contributed by atoms with Crippen molar-refractivity contribution in [1.82, 2.24) is 14.6 Å². The van der Waals surface area contributed by atoms with E-state index in [1.54, 1.807) is 49.6 Å². The zero-order valence-corrected chi connectivity index (χ0v) is 24.1. The molecular formula is C31H30ClFN4O3S. The predicted octanol–water partition coefficient (Wildman–Crippen LogP) is 6.64. The zero-order valence-electron chi connectivity index (χ0n) is 22.5. The second kappa shape index (κ2) is 12.7. The summed E-state index contributed by atoms with van der Waals surface area (Å²) in [5.74, 6) is -0.510. The monoisotopic (exact) mass is 592 g/mol. The number of nitrogens with one attached hydrogen (secondary N) is 1. The number of halogens is 2. The van der Waals surface area contributed by atoms with Gasteiger partial charge in [-0.25, -0.2) is 4.39 Å². The van der Waals surface area contributed by atoms with Crippen LogP contribution in [0.5, 0.6) is 5.75 Å². The molecular weight excluding hydrogens is 563 g/mol. The van der Waals surface area contributed by atoms with Gasteiger partial charge in [0.15, 0.2) is 0 Å². The summed E-state index contributed by atoms with van der Waals surface area (Å²) in [4.78, 5) is 30.0. The number of nitrogen functional groups attached to an aromatic ring is 1. The third-order valence-corrected chi connectivity index (χ3v) is 8.51. The summed E-state index contributed by atoms with van der Waals surface area (Å²) >= 11 is 7.48. The molecule has 3 aromatic carbocycles. The van der Waals surface area contributed by atoms with E-state index in [0.717, 1.165) is 37.2 Å². The molecule has 4 aromatic rings. The summed E-state index contributed by atoms with van der Waals surface area (Å²) in [6.07, 6.45) is 3.87. The van der Waals surface area contributed by atoms with Gasteiger partial charge in [0.2, 0.25) is 5.91 Å². The molecule has 41 heavy (non-hydrogen) atoms. The fourth-order valence-corrected chi connectivity index (χ4v) is 6.07. The number of hydrogen-bond donors (Lipinski definition) is 2. The van der Waals surface area contributed by atoms with Gasteiger partial charge in [0.1, 0.15) is 28.2 Å². The molecule has 10 heteroatoms. The average molecular weight is 593 g/mol. The Morgan fingerprint density at radius 2 is 1.78 bits per heavy atom. The van der Waals surface area contributed by atoms with Gasteiger partial charge in [0, 0.05) is 23.2 Å². The average Bonchev–Trinajstić information content (AvgIpc) is 3.63. The molecule has 0 aliphatic heterocycles. The Hall–Kier alpha value is -3.95. The van der Waals surface area contributed by atoms with Gasteiger partial charge < -0.3 is 20.7 Å². The highest BCUT2D eigenvalue weighted by Gasteiger charge is 2.36. The van der Waals surface area contributed by atoms with Gasteiger partial charge in [-0.2, -0.15) is 4.37 Å². The van der Waals surface area contributed by atoms with Crippen LogP contribution >= 0.6 is 23.1 Å². The molecule has 7 nitrogen and oxygen atoms in total. The van der Waals surface area contributed by atoms with E-state index in [1.165, 1.54) is 17.0 Å². The fourth-order valence-electron chi connectivity index (χ4n) is 5.10. The van der Waals surface area contributed by atoms with Crippen LogP contribution in [0, 0.1) is 5.82 Å². The molecule has 1 heterocycles. The number of methoxy groups -OCH3 is 1. The van der Waals surface area contributed by atoms with Crippen LogP contribution in [0.15, 0.2) is 72.8 Å². The molecule has 0 bridgehead atoms. The first-order valence-electron chi connectivity index (χ1n) is 13.4. The number of hydrogen-bond acceptors (Lipinski definition) is 6. The molecule has 3 N–H and O–H groups in total. The minimum atomic E-state index is -0.985. The fraction of sp³-hybridized carbons (Fsp3) is 0.258. The molecule has 1 aliphatic rings. The smallest absolute Gasteiger partial charge is 0.268 e. The molecule has 5 rings (SSSR count). The SMILES string of the molecule is COc1ccc([C@H](C(=O)NC2CCCC2)N(Cc2ccccc2Cl)C(=O)c2snc(-c3ccc(F)cc3)c2N)cc1.